The van der Waals surface area contributed by atoms with Gasteiger partial charge >= 0.3 is 0 Å². The minimum atomic E-state index is -0.267. The number of rotatable bonds is 6. The Labute approximate surface area is 103 Å². The first kappa shape index (κ1) is 13.6. The van der Waals surface area contributed by atoms with E-state index in [0.717, 1.165) is 18.4 Å². The van der Waals surface area contributed by atoms with E-state index in [-0.39, 0.29) is 11.9 Å². The van der Waals surface area contributed by atoms with Gasteiger partial charge in [0, 0.05) is 19.8 Å². The molecule has 0 aliphatic carbocycles. The molecule has 0 aromatic heterocycles. The van der Waals surface area contributed by atoms with Gasteiger partial charge in [0.05, 0.1) is 4.47 Å². The SMILES string of the molecule is COCCCC(NN)c1ccc(F)c(Br)c1. The summed E-state index contributed by atoms with van der Waals surface area (Å²) in [6.07, 6.45) is 1.75. The zero-order chi connectivity index (χ0) is 12.0. The second-order valence-electron chi connectivity index (χ2n) is 3.53. The van der Waals surface area contributed by atoms with Gasteiger partial charge in [-0.3, -0.25) is 11.3 Å². The van der Waals surface area contributed by atoms with Gasteiger partial charge in [0.1, 0.15) is 5.82 Å². The van der Waals surface area contributed by atoms with Crippen LogP contribution in [0.25, 0.3) is 0 Å². The monoisotopic (exact) mass is 290 g/mol. The molecule has 16 heavy (non-hydrogen) atoms. The Morgan fingerprint density at radius 1 is 1.56 bits per heavy atom. The first-order valence-electron chi connectivity index (χ1n) is 5.09. The van der Waals surface area contributed by atoms with Gasteiger partial charge in [0.15, 0.2) is 0 Å². The molecule has 0 saturated carbocycles. The fraction of sp³-hybridized carbons (Fsp3) is 0.455. The molecule has 0 spiro atoms. The van der Waals surface area contributed by atoms with Crippen LogP contribution in [0, 0.1) is 5.82 Å². The number of benzene rings is 1. The van der Waals surface area contributed by atoms with Gasteiger partial charge in [-0.15, -0.1) is 0 Å². The van der Waals surface area contributed by atoms with Gasteiger partial charge in [-0.25, -0.2) is 4.39 Å². The number of ether oxygens (including phenoxy) is 1. The number of methoxy groups -OCH3 is 1. The van der Waals surface area contributed by atoms with Crippen LogP contribution in [0.1, 0.15) is 24.4 Å². The predicted octanol–water partition coefficient (Wildman–Crippen LogP) is 2.52. The average Bonchev–Trinajstić information content (AvgIpc) is 2.29. The molecule has 1 rings (SSSR count). The highest BCUT2D eigenvalue weighted by molar-refractivity contribution is 9.10. The lowest BCUT2D eigenvalue weighted by Crippen LogP contribution is -2.28. The molecule has 1 aromatic rings. The van der Waals surface area contributed by atoms with E-state index in [0.29, 0.717) is 11.1 Å². The molecule has 0 bridgehead atoms. The van der Waals surface area contributed by atoms with E-state index in [1.165, 1.54) is 6.07 Å². The Balaban J connectivity index is 2.67. The molecule has 3 nitrogen and oxygen atoms in total. The van der Waals surface area contributed by atoms with Crippen LogP contribution in [-0.4, -0.2) is 13.7 Å². The molecule has 0 aliphatic heterocycles. The van der Waals surface area contributed by atoms with E-state index in [2.05, 4.69) is 21.4 Å². The fourth-order valence-corrected chi connectivity index (χ4v) is 1.90. The molecular weight excluding hydrogens is 275 g/mol. The topological polar surface area (TPSA) is 47.3 Å². The van der Waals surface area contributed by atoms with Crippen LogP contribution in [0.2, 0.25) is 0 Å². The molecule has 0 aliphatic rings. The van der Waals surface area contributed by atoms with Crippen molar-refractivity contribution in [2.24, 2.45) is 5.84 Å². The van der Waals surface area contributed by atoms with Crippen LogP contribution in [-0.2, 0) is 4.74 Å². The molecule has 1 unspecified atom stereocenters. The van der Waals surface area contributed by atoms with E-state index in [1.807, 2.05) is 0 Å². The summed E-state index contributed by atoms with van der Waals surface area (Å²) in [7, 11) is 1.67. The lowest BCUT2D eigenvalue weighted by molar-refractivity contribution is 0.189. The molecule has 90 valence electrons. The maximum atomic E-state index is 13.1. The number of hydrogen-bond donors (Lipinski definition) is 2. The highest BCUT2D eigenvalue weighted by Crippen LogP contribution is 2.23. The summed E-state index contributed by atoms with van der Waals surface area (Å²) in [5, 5.41) is 0. The standard InChI is InChI=1S/C11H16BrFN2O/c1-16-6-2-3-11(15-14)8-4-5-10(13)9(12)7-8/h4-5,7,11,15H,2-3,6,14H2,1H3. The fourth-order valence-electron chi connectivity index (χ4n) is 1.51. The van der Waals surface area contributed by atoms with E-state index in [9.17, 15) is 4.39 Å². The lowest BCUT2D eigenvalue weighted by Gasteiger charge is -2.16. The zero-order valence-electron chi connectivity index (χ0n) is 9.17. The van der Waals surface area contributed by atoms with Crippen molar-refractivity contribution in [3.63, 3.8) is 0 Å². The summed E-state index contributed by atoms with van der Waals surface area (Å²) in [6.45, 7) is 0.695. The summed E-state index contributed by atoms with van der Waals surface area (Å²) >= 11 is 3.16. The zero-order valence-corrected chi connectivity index (χ0v) is 10.8. The minimum absolute atomic E-state index is 0.0204. The van der Waals surface area contributed by atoms with Crippen molar-refractivity contribution >= 4 is 15.9 Å². The molecule has 0 fully saturated rings. The third-order valence-electron chi connectivity index (χ3n) is 2.39. The molecule has 0 heterocycles. The summed E-state index contributed by atoms with van der Waals surface area (Å²) in [6, 6.07) is 4.93. The molecule has 0 saturated heterocycles. The Hall–Kier alpha value is -0.490. The molecule has 0 amide bonds. The number of nitrogens with one attached hydrogen (secondary N) is 1. The Morgan fingerprint density at radius 2 is 2.31 bits per heavy atom. The van der Waals surface area contributed by atoms with Crippen LogP contribution < -0.4 is 11.3 Å². The second kappa shape index (κ2) is 6.96. The average molecular weight is 291 g/mol. The smallest absolute Gasteiger partial charge is 0.137 e. The quantitative estimate of drug-likeness (QED) is 0.481. The highest BCUT2D eigenvalue weighted by Gasteiger charge is 2.11. The maximum Gasteiger partial charge on any atom is 0.137 e. The molecule has 3 N–H and O–H groups in total. The maximum absolute atomic E-state index is 13.1. The van der Waals surface area contributed by atoms with E-state index in [4.69, 9.17) is 10.6 Å². The summed E-state index contributed by atoms with van der Waals surface area (Å²) in [5.74, 6) is 5.21. The van der Waals surface area contributed by atoms with Gasteiger partial charge in [0.25, 0.3) is 0 Å². The van der Waals surface area contributed by atoms with Crippen LogP contribution in [0.4, 0.5) is 4.39 Å². The first-order chi connectivity index (χ1) is 7.69. The molecule has 5 heteroatoms. The van der Waals surface area contributed by atoms with Crippen molar-refractivity contribution in [1.82, 2.24) is 5.43 Å². The van der Waals surface area contributed by atoms with E-state index in [1.54, 1.807) is 19.2 Å². The molecule has 0 radical (unpaired) electrons. The van der Waals surface area contributed by atoms with E-state index < -0.39 is 0 Å². The summed E-state index contributed by atoms with van der Waals surface area (Å²) < 4.78 is 18.5. The predicted molar refractivity (Wildman–Crippen MR) is 65.3 cm³/mol. The largest absolute Gasteiger partial charge is 0.385 e. The Kier molecular flexibility index (Phi) is 5.90. The van der Waals surface area contributed by atoms with Crippen LogP contribution in [0.3, 0.4) is 0 Å². The van der Waals surface area contributed by atoms with Gasteiger partial charge in [-0.2, -0.15) is 0 Å². The van der Waals surface area contributed by atoms with Gasteiger partial charge in [0.2, 0.25) is 0 Å². The minimum Gasteiger partial charge on any atom is -0.385 e. The lowest BCUT2D eigenvalue weighted by atomic mass is 10.0. The summed E-state index contributed by atoms with van der Waals surface area (Å²) in [5.41, 5.74) is 3.69. The molecule has 1 aromatic carbocycles. The van der Waals surface area contributed by atoms with Crippen LogP contribution in [0.15, 0.2) is 22.7 Å². The normalized spacial score (nSPS) is 12.8. The second-order valence-corrected chi connectivity index (χ2v) is 4.38. The van der Waals surface area contributed by atoms with Crippen molar-refractivity contribution in [2.75, 3.05) is 13.7 Å². The van der Waals surface area contributed by atoms with Crippen molar-refractivity contribution < 1.29 is 9.13 Å². The third-order valence-corrected chi connectivity index (χ3v) is 3.00. The van der Waals surface area contributed by atoms with Crippen molar-refractivity contribution in [2.45, 2.75) is 18.9 Å². The highest BCUT2D eigenvalue weighted by atomic mass is 79.9. The number of halogens is 2. The van der Waals surface area contributed by atoms with E-state index >= 15 is 0 Å². The number of hydrogen-bond acceptors (Lipinski definition) is 3. The van der Waals surface area contributed by atoms with Crippen molar-refractivity contribution in [3.05, 3.63) is 34.1 Å². The van der Waals surface area contributed by atoms with Gasteiger partial charge in [-0.1, -0.05) is 6.07 Å². The van der Waals surface area contributed by atoms with Gasteiger partial charge in [-0.05, 0) is 46.5 Å². The van der Waals surface area contributed by atoms with Gasteiger partial charge < -0.3 is 4.74 Å². The summed E-state index contributed by atoms with van der Waals surface area (Å²) in [4.78, 5) is 0. The molecule has 1 atom stereocenters. The first-order valence-corrected chi connectivity index (χ1v) is 5.88. The third kappa shape index (κ3) is 3.83. The Bertz CT molecular complexity index is 336. The molecular formula is C11H16BrFN2O. The Morgan fingerprint density at radius 3 is 2.88 bits per heavy atom. The van der Waals surface area contributed by atoms with Crippen LogP contribution >= 0.6 is 15.9 Å². The van der Waals surface area contributed by atoms with Crippen molar-refractivity contribution in [3.8, 4) is 0 Å². The van der Waals surface area contributed by atoms with Crippen LogP contribution in [0.5, 0.6) is 0 Å². The number of hydrazine groups is 1. The number of nitrogens with two attached hydrogens (primary N) is 1. The van der Waals surface area contributed by atoms with Crippen molar-refractivity contribution in [1.29, 1.82) is 0 Å².